The number of nitrogens with zero attached hydrogens (tertiary/aromatic N) is 1. The van der Waals surface area contributed by atoms with Gasteiger partial charge in [0.1, 0.15) is 0 Å². The lowest BCUT2D eigenvalue weighted by molar-refractivity contribution is 0.724. The summed E-state index contributed by atoms with van der Waals surface area (Å²) in [5.74, 6) is 0. The van der Waals surface area contributed by atoms with Crippen LogP contribution in [0.5, 0.6) is 0 Å². The van der Waals surface area contributed by atoms with Crippen LogP contribution < -0.4 is 0 Å². The molecule has 1 nitrogen and oxygen atoms in total. The summed E-state index contributed by atoms with van der Waals surface area (Å²) in [5.41, 5.74) is 5.27. The van der Waals surface area contributed by atoms with Crippen LogP contribution in [-0.2, 0) is 6.54 Å². The molecular weight excluding hydrogens is 362 g/mol. The summed E-state index contributed by atoms with van der Waals surface area (Å²) in [4.78, 5) is 0. The predicted molar refractivity (Wildman–Crippen MR) is 130 cm³/mol. The molecule has 30 heavy (non-hydrogen) atoms. The Kier molecular flexibility index (Phi) is 3.89. The average Bonchev–Trinajstić information content (AvgIpc) is 3.11. The lowest BCUT2D eigenvalue weighted by Crippen LogP contribution is -1.95. The third-order valence-electron chi connectivity index (χ3n) is 6.28. The molecule has 6 aromatic rings. The van der Waals surface area contributed by atoms with Crippen molar-refractivity contribution in [2.24, 2.45) is 0 Å². The Morgan fingerprint density at radius 2 is 1.17 bits per heavy atom. The summed E-state index contributed by atoms with van der Waals surface area (Å²) in [7, 11) is 0. The minimum Gasteiger partial charge on any atom is -0.340 e. The van der Waals surface area contributed by atoms with Gasteiger partial charge in [0.05, 0.1) is 0 Å². The highest BCUT2D eigenvalue weighted by Gasteiger charge is 2.14. The molecule has 0 aliphatic rings. The number of aromatic nitrogens is 1. The van der Waals surface area contributed by atoms with Gasteiger partial charge in [0.25, 0.3) is 0 Å². The first-order chi connectivity index (χ1) is 14.8. The fourth-order valence-corrected chi connectivity index (χ4v) is 5.00. The van der Waals surface area contributed by atoms with E-state index in [9.17, 15) is 0 Å². The van der Waals surface area contributed by atoms with Gasteiger partial charge in [-0.2, -0.15) is 0 Å². The summed E-state index contributed by atoms with van der Waals surface area (Å²) >= 11 is 0. The maximum atomic E-state index is 2.47. The molecule has 0 radical (unpaired) electrons. The van der Waals surface area contributed by atoms with Crippen molar-refractivity contribution in [3.8, 4) is 11.1 Å². The molecular formula is C29H23N. The van der Waals surface area contributed by atoms with Crippen LogP contribution in [0.4, 0.5) is 0 Å². The van der Waals surface area contributed by atoms with Crippen molar-refractivity contribution in [1.82, 2.24) is 4.57 Å². The lowest BCUT2D eigenvalue weighted by Gasteiger charge is -2.13. The Hall–Kier alpha value is -3.58. The van der Waals surface area contributed by atoms with E-state index in [-0.39, 0.29) is 0 Å². The molecule has 0 amide bonds. The highest BCUT2D eigenvalue weighted by molar-refractivity contribution is 6.15. The van der Waals surface area contributed by atoms with Crippen LogP contribution in [0.3, 0.4) is 0 Å². The zero-order valence-corrected chi connectivity index (χ0v) is 17.1. The minimum absolute atomic E-state index is 1.04. The van der Waals surface area contributed by atoms with E-state index in [0.717, 1.165) is 13.0 Å². The molecule has 0 saturated heterocycles. The number of para-hydroxylation sites is 1. The molecule has 0 bridgehead atoms. The van der Waals surface area contributed by atoms with Gasteiger partial charge in [0, 0.05) is 28.4 Å². The number of fused-ring (bicyclic) bond motifs is 5. The lowest BCUT2D eigenvalue weighted by atomic mass is 9.91. The van der Waals surface area contributed by atoms with Crippen LogP contribution in [-0.4, -0.2) is 4.57 Å². The Bertz CT molecular complexity index is 1500. The van der Waals surface area contributed by atoms with Crippen molar-refractivity contribution < 1.29 is 0 Å². The molecule has 0 saturated carbocycles. The molecule has 0 aliphatic carbocycles. The van der Waals surface area contributed by atoms with E-state index in [4.69, 9.17) is 0 Å². The molecule has 0 unspecified atom stereocenters. The van der Waals surface area contributed by atoms with Crippen LogP contribution in [0, 0.1) is 0 Å². The minimum atomic E-state index is 1.04. The maximum Gasteiger partial charge on any atom is 0.0491 e. The SMILES string of the molecule is CCCn1c2ccccc2c2cc(-c3c4ccccc4cc4ccccc34)ccc21. The van der Waals surface area contributed by atoms with E-state index in [1.54, 1.807) is 0 Å². The van der Waals surface area contributed by atoms with E-state index >= 15 is 0 Å². The third-order valence-corrected chi connectivity index (χ3v) is 6.28. The number of rotatable bonds is 3. The molecule has 1 heterocycles. The van der Waals surface area contributed by atoms with Gasteiger partial charge in [-0.3, -0.25) is 0 Å². The Balaban J connectivity index is 1.73. The standard InChI is InChI=1S/C29H23N/c1-2-17-30-27-14-8-7-13-25(27)26-19-22(15-16-28(26)30)29-23-11-5-3-9-20(23)18-21-10-4-6-12-24(21)29/h3-16,18-19H,2,17H2,1H3. The summed E-state index contributed by atoms with van der Waals surface area (Å²) in [5, 5.41) is 7.89. The Morgan fingerprint density at radius 1 is 0.567 bits per heavy atom. The first-order valence-corrected chi connectivity index (χ1v) is 10.8. The second-order valence-corrected chi connectivity index (χ2v) is 8.09. The van der Waals surface area contributed by atoms with E-state index in [0.29, 0.717) is 0 Å². The van der Waals surface area contributed by atoms with Gasteiger partial charge in [-0.25, -0.2) is 0 Å². The third kappa shape index (κ3) is 2.48. The second-order valence-electron chi connectivity index (χ2n) is 8.09. The Morgan fingerprint density at radius 3 is 1.87 bits per heavy atom. The van der Waals surface area contributed by atoms with Crippen molar-refractivity contribution in [1.29, 1.82) is 0 Å². The van der Waals surface area contributed by atoms with Gasteiger partial charge < -0.3 is 4.57 Å². The largest absolute Gasteiger partial charge is 0.340 e. The van der Waals surface area contributed by atoms with Gasteiger partial charge in [-0.05, 0) is 63.4 Å². The van der Waals surface area contributed by atoms with Crippen LogP contribution >= 0.6 is 0 Å². The molecule has 0 spiro atoms. The fraction of sp³-hybridized carbons (Fsp3) is 0.103. The average molecular weight is 386 g/mol. The van der Waals surface area contributed by atoms with Crippen LogP contribution in [0.15, 0.2) is 97.1 Å². The number of hydrogen-bond acceptors (Lipinski definition) is 0. The quantitative estimate of drug-likeness (QED) is 0.271. The van der Waals surface area contributed by atoms with Gasteiger partial charge in [-0.15, -0.1) is 0 Å². The molecule has 144 valence electrons. The highest BCUT2D eigenvalue weighted by Crippen LogP contribution is 2.39. The van der Waals surface area contributed by atoms with E-state index in [1.807, 2.05) is 0 Å². The van der Waals surface area contributed by atoms with Gasteiger partial charge >= 0.3 is 0 Å². The number of aryl methyl sites for hydroxylation is 1. The van der Waals surface area contributed by atoms with Gasteiger partial charge in [0.2, 0.25) is 0 Å². The van der Waals surface area contributed by atoms with Crippen molar-refractivity contribution in [2.75, 3.05) is 0 Å². The van der Waals surface area contributed by atoms with Crippen molar-refractivity contribution in [3.05, 3.63) is 97.1 Å². The fourth-order valence-electron chi connectivity index (χ4n) is 5.00. The molecule has 0 atom stereocenters. The first-order valence-electron chi connectivity index (χ1n) is 10.8. The molecule has 0 aliphatic heterocycles. The van der Waals surface area contributed by atoms with E-state index < -0.39 is 0 Å². The second kappa shape index (κ2) is 6.74. The molecule has 1 aromatic heterocycles. The summed E-state index contributed by atoms with van der Waals surface area (Å²) in [6.45, 7) is 3.29. The summed E-state index contributed by atoms with van der Waals surface area (Å²) in [6.07, 6.45) is 1.13. The zero-order valence-electron chi connectivity index (χ0n) is 17.1. The Labute approximate surface area is 176 Å². The zero-order chi connectivity index (χ0) is 20.1. The topological polar surface area (TPSA) is 4.93 Å². The molecule has 0 N–H and O–H groups in total. The normalized spacial score (nSPS) is 11.8. The van der Waals surface area contributed by atoms with E-state index in [2.05, 4.69) is 109 Å². The van der Waals surface area contributed by atoms with Crippen molar-refractivity contribution in [3.63, 3.8) is 0 Å². The summed E-state index contributed by atoms with van der Waals surface area (Å²) in [6, 6.07) is 35.6. The van der Waals surface area contributed by atoms with Gasteiger partial charge in [0.15, 0.2) is 0 Å². The predicted octanol–water partition coefficient (Wildman–Crippen LogP) is 8.18. The van der Waals surface area contributed by atoms with Crippen LogP contribution in [0.2, 0.25) is 0 Å². The highest BCUT2D eigenvalue weighted by atomic mass is 15.0. The maximum absolute atomic E-state index is 2.47. The number of hydrogen-bond donors (Lipinski definition) is 0. The first kappa shape index (κ1) is 17.3. The van der Waals surface area contributed by atoms with Gasteiger partial charge in [-0.1, -0.05) is 79.7 Å². The summed E-state index contributed by atoms with van der Waals surface area (Å²) < 4.78 is 2.47. The monoisotopic (exact) mass is 385 g/mol. The van der Waals surface area contributed by atoms with E-state index in [1.165, 1.54) is 54.5 Å². The van der Waals surface area contributed by atoms with Crippen molar-refractivity contribution >= 4 is 43.4 Å². The van der Waals surface area contributed by atoms with Crippen LogP contribution in [0.25, 0.3) is 54.5 Å². The van der Waals surface area contributed by atoms with Crippen molar-refractivity contribution in [2.45, 2.75) is 19.9 Å². The smallest absolute Gasteiger partial charge is 0.0491 e. The molecule has 6 rings (SSSR count). The molecule has 1 heteroatoms. The van der Waals surface area contributed by atoms with Crippen LogP contribution in [0.1, 0.15) is 13.3 Å². The number of benzene rings is 5. The molecule has 5 aromatic carbocycles. The molecule has 0 fully saturated rings.